The number of benzene rings is 1. The van der Waals surface area contributed by atoms with Gasteiger partial charge in [0.15, 0.2) is 0 Å². The monoisotopic (exact) mass is 300 g/mol. The number of anilines is 2. The van der Waals surface area contributed by atoms with Gasteiger partial charge in [0.25, 0.3) is 0 Å². The molecule has 5 heteroatoms. The largest absolute Gasteiger partial charge is 0.397 e. The first-order valence-corrected chi connectivity index (χ1v) is 6.35. The van der Waals surface area contributed by atoms with Gasteiger partial charge in [0.1, 0.15) is 5.82 Å². The number of hydrogen-bond acceptors (Lipinski definition) is 3. The summed E-state index contributed by atoms with van der Waals surface area (Å²) in [5, 5.41) is 5.11. The summed E-state index contributed by atoms with van der Waals surface area (Å²) in [7, 11) is 0. The molecule has 1 heterocycles. The van der Waals surface area contributed by atoms with E-state index in [-0.39, 0.29) is 5.82 Å². The Hall–Kier alpha value is -1.07. The highest BCUT2D eigenvalue weighted by atomic mass is 79.9. The summed E-state index contributed by atoms with van der Waals surface area (Å²) in [6.45, 7) is 0.656. The van der Waals surface area contributed by atoms with Crippen LogP contribution >= 0.6 is 27.3 Å². The van der Waals surface area contributed by atoms with Crippen molar-refractivity contribution in [3.8, 4) is 0 Å². The Balaban J connectivity index is 2.12. The lowest BCUT2D eigenvalue weighted by molar-refractivity contribution is 0.622. The van der Waals surface area contributed by atoms with Gasteiger partial charge in [0.05, 0.1) is 15.8 Å². The van der Waals surface area contributed by atoms with Crippen LogP contribution in [0, 0.1) is 5.82 Å². The second kappa shape index (κ2) is 4.84. The molecule has 0 aliphatic carbocycles. The number of nitrogen functional groups attached to an aromatic ring is 1. The van der Waals surface area contributed by atoms with Crippen LogP contribution in [0.5, 0.6) is 0 Å². The van der Waals surface area contributed by atoms with Gasteiger partial charge in [0, 0.05) is 17.5 Å². The smallest absolute Gasteiger partial charge is 0.139 e. The zero-order valence-electron chi connectivity index (χ0n) is 8.34. The van der Waals surface area contributed by atoms with Crippen LogP contribution in [-0.4, -0.2) is 0 Å². The predicted octanol–water partition coefficient (Wildman–Crippen LogP) is 3.84. The molecule has 0 aliphatic rings. The van der Waals surface area contributed by atoms with Crippen LogP contribution in [0.1, 0.15) is 4.88 Å². The molecule has 0 saturated heterocycles. The van der Waals surface area contributed by atoms with Crippen LogP contribution in [0.4, 0.5) is 15.8 Å². The summed E-state index contributed by atoms with van der Waals surface area (Å²) in [5.41, 5.74) is 6.93. The van der Waals surface area contributed by atoms with E-state index < -0.39 is 0 Å². The third-order valence-corrected chi connectivity index (χ3v) is 3.61. The van der Waals surface area contributed by atoms with Gasteiger partial charge in [-0.1, -0.05) is 6.07 Å². The van der Waals surface area contributed by atoms with E-state index in [4.69, 9.17) is 5.73 Å². The second-order valence-electron chi connectivity index (χ2n) is 3.29. The third kappa shape index (κ3) is 2.54. The molecular weight excluding hydrogens is 291 g/mol. The molecule has 0 radical (unpaired) electrons. The molecule has 0 unspecified atom stereocenters. The number of hydrogen-bond donors (Lipinski definition) is 2. The lowest BCUT2D eigenvalue weighted by Gasteiger charge is -2.09. The lowest BCUT2D eigenvalue weighted by atomic mass is 10.2. The Morgan fingerprint density at radius 3 is 2.94 bits per heavy atom. The first-order valence-electron chi connectivity index (χ1n) is 4.67. The minimum Gasteiger partial charge on any atom is -0.397 e. The van der Waals surface area contributed by atoms with Crippen LogP contribution in [0.2, 0.25) is 0 Å². The molecular formula is C11H10BrFN2S. The van der Waals surface area contributed by atoms with E-state index in [0.717, 1.165) is 0 Å². The topological polar surface area (TPSA) is 38.0 Å². The van der Waals surface area contributed by atoms with Gasteiger partial charge in [-0.15, -0.1) is 11.3 Å². The number of nitrogens with one attached hydrogen (secondary N) is 1. The SMILES string of the molecule is Nc1cc(Br)c(F)cc1NCc1cccs1. The van der Waals surface area contributed by atoms with Crippen molar-refractivity contribution in [2.45, 2.75) is 6.54 Å². The van der Waals surface area contributed by atoms with Gasteiger partial charge in [-0.25, -0.2) is 4.39 Å². The van der Waals surface area contributed by atoms with E-state index in [1.165, 1.54) is 10.9 Å². The number of thiophene rings is 1. The Bertz CT molecular complexity index is 485. The molecule has 0 bridgehead atoms. The van der Waals surface area contributed by atoms with E-state index in [2.05, 4.69) is 21.2 Å². The standard InChI is InChI=1S/C11H10BrFN2S/c12-8-4-10(14)11(5-9(8)13)15-6-7-2-1-3-16-7/h1-5,15H,6,14H2. The van der Waals surface area contributed by atoms with E-state index >= 15 is 0 Å². The van der Waals surface area contributed by atoms with E-state index in [1.807, 2.05) is 17.5 Å². The highest BCUT2D eigenvalue weighted by Gasteiger charge is 2.05. The summed E-state index contributed by atoms with van der Waals surface area (Å²) in [6, 6.07) is 6.95. The molecule has 0 spiro atoms. The normalized spacial score (nSPS) is 10.4. The zero-order chi connectivity index (χ0) is 11.5. The Kier molecular flexibility index (Phi) is 3.46. The molecule has 0 amide bonds. The summed E-state index contributed by atoms with van der Waals surface area (Å²) in [5.74, 6) is -0.317. The molecule has 84 valence electrons. The molecule has 3 N–H and O–H groups in total. The number of halogens is 2. The first-order chi connectivity index (χ1) is 7.66. The third-order valence-electron chi connectivity index (χ3n) is 2.13. The summed E-state index contributed by atoms with van der Waals surface area (Å²) in [6.07, 6.45) is 0. The van der Waals surface area contributed by atoms with Gasteiger partial charge in [0.2, 0.25) is 0 Å². The minimum atomic E-state index is -0.317. The van der Waals surface area contributed by atoms with Crippen LogP contribution in [-0.2, 0) is 6.54 Å². The molecule has 0 saturated carbocycles. The van der Waals surface area contributed by atoms with Crippen LogP contribution in [0.25, 0.3) is 0 Å². The summed E-state index contributed by atoms with van der Waals surface area (Å²) in [4.78, 5) is 1.18. The van der Waals surface area contributed by atoms with Crippen molar-refractivity contribution in [2.24, 2.45) is 0 Å². The van der Waals surface area contributed by atoms with Crippen molar-refractivity contribution in [1.29, 1.82) is 0 Å². The van der Waals surface area contributed by atoms with Gasteiger partial charge in [-0.2, -0.15) is 0 Å². The number of nitrogens with two attached hydrogens (primary N) is 1. The van der Waals surface area contributed by atoms with Crippen molar-refractivity contribution >= 4 is 38.6 Å². The molecule has 2 aromatic rings. The first kappa shape index (κ1) is 11.4. The van der Waals surface area contributed by atoms with Crippen LogP contribution in [0.15, 0.2) is 34.1 Å². The van der Waals surface area contributed by atoms with Gasteiger partial charge >= 0.3 is 0 Å². The molecule has 1 aromatic carbocycles. The Morgan fingerprint density at radius 2 is 2.25 bits per heavy atom. The molecule has 0 fully saturated rings. The second-order valence-corrected chi connectivity index (χ2v) is 5.17. The quantitative estimate of drug-likeness (QED) is 0.845. The lowest BCUT2D eigenvalue weighted by Crippen LogP contribution is -2.02. The fourth-order valence-corrected chi connectivity index (χ4v) is 2.32. The van der Waals surface area contributed by atoms with Crippen molar-refractivity contribution in [3.05, 3.63) is 44.8 Å². The van der Waals surface area contributed by atoms with Gasteiger partial charge in [-0.05, 0) is 33.4 Å². The Labute approximate surface area is 105 Å². The fraction of sp³-hybridized carbons (Fsp3) is 0.0909. The molecule has 16 heavy (non-hydrogen) atoms. The van der Waals surface area contributed by atoms with Crippen LogP contribution < -0.4 is 11.1 Å². The summed E-state index contributed by atoms with van der Waals surface area (Å²) >= 11 is 4.74. The fourth-order valence-electron chi connectivity index (χ4n) is 1.31. The average Bonchev–Trinajstić information content (AvgIpc) is 2.74. The highest BCUT2D eigenvalue weighted by molar-refractivity contribution is 9.10. The molecule has 2 rings (SSSR count). The Morgan fingerprint density at radius 1 is 1.44 bits per heavy atom. The number of rotatable bonds is 3. The van der Waals surface area contributed by atoms with Crippen molar-refractivity contribution in [2.75, 3.05) is 11.1 Å². The molecule has 0 atom stereocenters. The van der Waals surface area contributed by atoms with E-state index in [1.54, 1.807) is 17.4 Å². The molecule has 1 aromatic heterocycles. The van der Waals surface area contributed by atoms with Gasteiger partial charge in [-0.3, -0.25) is 0 Å². The van der Waals surface area contributed by atoms with Crippen molar-refractivity contribution in [1.82, 2.24) is 0 Å². The van der Waals surface area contributed by atoms with Gasteiger partial charge < -0.3 is 11.1 Å². The summed E-state index contributed by atoms with van der Waals surface area (Å²) < 4.78 is 13.7. The maximum Gasteiger partial charge on any atom is 0.139 e. The predicted molar refractivity (Wildman–Crippen MR) is 70.2 cm³/mol. The van der Waals surface area contributed by atoms with Crippen LogP contribution in [0.3, 0.4) is 0 Å². The minimum absolute atomic E-state index is 0.317. The molecule has 0 aliphatic heterocycles. The van der Waals surface area contributed by atoms with Crippen molar-refractivity contribution in [3.63, 3.8) is 0 Å². The maximum atomic E-state index is 13.3. The zero-order valence-corrected chi connectivity index (χ0v) is 10.7. The maximum absolute atomic E-state index is 13.3. The van der Waals surface area contributed by atoms with E-state index in [0.29, 0.717) is 22.4 Å². The highest BCUT2D eigenvalue weighted by Crippen LogP contribution is 2.27. The van der Waals surface area contributed by atoms with E-state index in [9.17, 15) is 4.39 Å². The van der Waals surface area contributed by atoms with Crippen molar-refractivity contribution < 1.29 is 4.39 Å². The average molecular weight is 301 g/mol. The molecule has 2 nitrogen and oxygen atoms in total.